The first kappa shape index (κ1) is 19.4. The van der Waals surface area contributed by atoms with Gasteiger partial charge in [-0.15, -0.1) is 0 Å². The van der Waals surface area contributed by atoms with Crippen LogP contribution >= 0.6 is 11.6 Å². The maximum Gasteiger partial charge on any atom is 0.417 e. The van der Waals surface area contributed by atoms with Crippen molar-refractivity contribution >= 4 is 17.2 Å². The highest BCUT2D eigenvalue weighted by Crippen LogP contribution is 2.32. The number of aliphatic hydroxyl groups excluding tert-OH is 1. The Bertz CT molecular complexity index is 1200. The Morgan fingerprint density at radius 2 is 1.97 bits per heavy atom. The van der Waals surface area contributed by atoms with Gasteiger partial charge in [-0.25, -0.2) is 4.98 Å². The number of pyridine rings is 1. The fourth-order valence-electron chi connectivity index (χ4n) is 2.96. The lowest BCUT2D eigenvalue weighted by molar-refractivity contribution is -0.137. The molecule has 3 heterocycles. The standard InChI is InChI=1S/C19H14ClF3N4O2/c1-2-11-6-12(19(21,22)23)7-27-8-15(24-17(11)27)18-25-16(26-29-18)13-4-3-10(9-28)5-14(13)20/h3-8,28H,2,9H2,1H3. The predicted molar refractivity (Wildman–Crippen MR) is 99.2 cm³/mol. The maximum atomic E-state index is 13.1. The quantitative estimate of drug-likeness (QED) is 0.512. The van der Waals surface area contributed by atoms with E-state index < -0.39 is 11.7 Å². The van der Waals surface area contributed by atoms with E-state index in [1.807, 2.05) is 0 Å². The van der Waals surface area contributed by atoms with E-state index in [0.717, 1.165) is 12.3 Å². The molecule has 0 atom stereocenters. The van der Waals surface area contributed by atoms with Crippen molar-refractivity contribution in [1.82, 2.24) is 19.5 Å². The number of hydrogen-bond acceptors (Lipinski definition) is 5. The molecule has 0 aliphatic rings. The van der Waals surface area contributed by atoms with E-state index in [1.54, 1.807) is 25.1 Å². The summed E-state index contributed by atoms with van der Waals surface area (Å²) in [4.78, 5) is 8.63. The SMILES string of the molecule is CCc1cc(C(F)(F)F)cn2cc(-c3nc(-c4ccc(CO)cc4Cl)no3)nc12. The molecule has 0 spiro atoms. The van der Waals surface area contributed by atoms with Gasteiger partial charge in [0, 0.05) is 18.0 Å². The van der Waals surface area contributed by atoms with Crippen molar-refractivity contribution in [3.63, 3.8) is 0 Å². The van der Waals surface area contributed by atoms with Gasteiger partial charge in [-0.2, -0.15) is 18.2 Å². The van der Waals surface area contributed by atoms with Gasteiger partial charge in [-0.3, -0.25) is 0 Å². The number of rotatable bonds is 4. The third kappa shape index (κ3) is 3.58. The third-order valence-electron chi connectivity index (χ3n) is 4.44. The van der Waals surface area contributed by atoms with Crippen LogP contribution < -0.4 is 0 Å². The maximum absolute atomic E-state index is 13.1. The van der Waals surface area contributed by atoms with Crippen LogP contribution in [0.15, 0.2) is 41.2 Å². The highest BCUT2D eigenvalue weighted by Gasteiger charge is 2.32. The highest BCUT2D eigenvalue weighted by molar-refractivity contribution is 6.33. The van der Waals surface area contributed by atoms with E-state index in [-0.39, 0.29) is 24.0 Å². The van der Waals surface area contributed by atoms with Gasteiger partial charge in [-0.05, 0) is 35.7 Å². The molecule has 150 valence electrons. The second-order valence-electron chi connectivity index (χ2n) is 6.36. The lowest BCUT2D eigenvalue weighted by atomic mass is 10.1. The van der Waals surface area contributed by atoms with Gasteiger partial charge in [0.25, 0.3) is 5.89 Å². The van der Waals surface area contributed by atoms with Crippen LogP contribution in [0.2, 0.25) is 5.02 Å². The number of imidazole rings is 1. The van der Waals surface area contributed by atoms with Gasteiger partial charge < -0.3 is 14.0 Å². The minimum absolute atomic E-state index is 0.0570. The van der Waals surface area contributed by atoms with Crippen LogP contribution in [0.3, 0.4) is 0 Å². The molecule has 0 aliphatic heterocycles. The first-order valence-corrected chi connectivity index (χ1v) is 9.00. The molecule has 0 unspecified atom stereocenters. The molecule has 0 radical (unpaired) electrons. The number of alkyl halides is 3. The van der Waals surface area contributed by atoms with E-state index >= 15 is 0 Å². The Labute approximate surface area is 167 Å². The molecule has 4 rings (SSSR count). The van der Waals surface area contributed by atoms with E-state index in [2.05, 4.69) is 15.1 Å². The summed E-state index contributed by atoms with van der Waals surface area (Å²) >= 11 is 6.20. The third-order valence-corrected chi connectivity index (χ3v) is 4.75. The van der Waals surface area contributed by atoms with Gasteiger partial charge >= 0.3 is 6.18 Å². The predicted octanol–water partition coefficient (Wildman–Crippen LogP) is 4.78. The molecule has 3 aromatic heterocycles. The van der Waals surface area contributed by atoms with Gasteiger partial charge in [0.05, 0.1) is 17.2 Å². The van der Waals surface area contributed by atoms with E-state index in [9.17, 15) is 13.2 Å². The molecule has 1 N–H and O–H groups in total. The molecule has 29 heavy (non-hydrogen) atoms. The van der Waals surface area contributed by atoms with E-state index in [0.29, 0.717) is 33.8 Å². The Morgan fingerprint density at radius 3 is 2.62 bits per heavy atom. The summed E-state index contributed by atoms with van der Waals surface area (Å²) in [6, 6.07) is 6.00. The second-order valence-corrected chi connectivity index (χ2v) is 6.76. The highest BCUT2D eigenvalue weighted by atomic mass is 35.5. The monoisotopic (exact) mass is 422 g/mol. The zero-order chi connectivity index (χ0) is 20.8. The van der Waals surface area contributed by atoms with Crippen LogP contribution in [0.25, 0.3) is 28.6 Å². The summed E-state index contributed by atoms with van der Waals surface area (Å²) in [5.74, 6) is 0.264. The van der Waals surface area contributed by atoms with Gasteiger partial charge in [0.1, 0.15) is 11.3 Å². The molecule has 10 heteroatoms. The van der Waals surface area contributed by atoms with Crippen molar-refractivity contribution in [1.29, 1.82) is 0 Å². The Kier molecular flexibility index (Phi) is 4.79. The topological polar surface area (TPSA) is 76.5 Å². The second kappa shape index (κ2) is 7.16. The van der Waals surface area contributed by atoms with Gasteiger partial charge in [0.2, 0.25) is 5.82 Å². The van der Waals surface area contributed by atoms with Crippen molar-refractivity contribution in [2.75, 3.05) is 0 Å². The normalized spacial score (nSPS) is 12.1. The lowest BCUT2D eigenvalue weighted by Gasteiger charge is -2.09. The zero-order valence-corrected chi connectivity index (χ0v) is 15.8. The van der Waals surface area contributed by atoms with E-state index in [4.69, 9.17) is 21.2 Å². The van der Waals surface area contributed by atoms with Crippen LogP contribution in [-0.2, 0) is 19.2 Å². The van der Waals surface area contributed by atoms with Crippen molar-refractivity contribution in [3.8, 4) is 23.0 Å². The zero-order valence-electron chi connectivity index (χ0n) is 15.0. The molecule has 6 nitrogen and oxygen atoms in total. The van der Waals surface area contributed by atoms with Gasteiger partial charge in [0.15, 0.2) is 0 Å². The van der Waals surface area contributed by atoms with Crippen molar-refractivity contribution in [2.45, 2.75) is 26.1 Å². The number of benzene rings is 1. The summed E-state index contributed by atoms with van der Waals surface area (Å²) in [6.45, 7) is 1.60. The van der Waals surface area contributed by atoms with E-state index in [1.165, 1.54) is 10.6 Å². The average molecular weight is 423 g/mol. The molecule has 0 fully saturated rings. The Hall–Kier alpha value is -2.91. The minimum Gasteiger partial charge on any atom is -0.392 e. The molecular formula is C19H14ClF3N4O2. The molecule has 0 saturated heterocycles. The Balaban J connectivity index is 1.76. The lowest BCUT2D eigenvalue weighted by Crippen LogP contribution is -2.07. The first-order valence-electron chi connectivity index (χ1n) is 8.62. The summed E-state index contributed by atoms with van der Waals surface area (Å²) in [7, 11) is 0. The fraction of sp³-hybridized carbons (Fsp3) is 0.211. The number of nitrogens with zero attached hydrogens (tertiary/aromatic N) is 4. The molecule has 0 amide bonds. The van der Waals surface area contributed by atoms with Crippen LogP contribution in [0.4, 0.5) is 13.2 Å². The van der Waals surface area contributed by atoms with Crippen molar-refractivity contribution < 1.29 is 22.8 Å². The summed E-state index contributed by atoms with van der Waals surface area (Å²) in [5, 5.41) is 13.4. The first-order chi connectivity index (χ1) is 13.8. The number of aromatic nitrogens is 4. The largest absolute Gasteiger partial charge is 0.417 e. The molecule has 0 bridgehead atoms. The van der Waals surface area contributed by atoms with Gasteiger partial charge in [-0.1, -0.05) is 29.7 Å². The van der Waals surface area contributed by atoms with Crippen LogP contribution in [0, 0.1) is 0 Å². The minimum atomic E-state index is -4.46. The number of halogens is 4. The number of aliphatic hydroxyl groups is 1. The van der Waals surface area contributed by atoms with Crippen LogP contribution in [0.1, 0.15) is 23.6 Å². The smallest absolute Gasteiger partial charge is 0.392 e. The van der Waals surface area contributed by atoms with Crippen molar-refractivity contribution in [3.05, 3.63) is 58.4 Å². The van der Waals surface area contributed by atoms with Crippen LogP contribution in [0.5, 0.6) is 0 Å². The number of aryl methyl sites for hydroxylation is 1. The molecular weight excluding hydrogens is 409 g/mol. The number of fused-ring (bicyclic) bond motifs is 1. The average Bonchev–Trinajstić information content (AvgIpc) is 3.33. The summed E-state index contributed by atoms with van der Waals surface area (Å²) in [5.41, 5.74) is 1.47. The number of hydrogen-bond donors (Lipinski definition) is 1. The molecule has 1 aromatic carbocycles. The summed E-state index contributed by atoms with van der Waals surface area (Å²) in [6.07, 6.45) is -1.69. The molecule has 0 aliphatic carbocycles. The Morgan fingerprint density at radius 1 is 1.17 bits per heavy atom. The van der Waals surface area contributed by atoms with Crippen LogP contribution in [-0.4, -0.2) is 24.6 Å². The summed E-state index contributed by atoms with van der Waals surface area (Å²) < 4.78 is 46.0. The molecule has 4 aromatic rings. The molecule has 0 saturated carbocycles. The van der Waals surface area contributed by atoms with Crippen molar-refractivity contribution in [2.24, 2.45) is 0 Å². The fourth-order valence-corrected chi connectivity index (χ4v) is 3.25.